The molecule has 22 heavy (non-hydrogen) atoms. The van der Waals surface area contributed by atoms with Gasteiger partial charge in [-0.05, 0) is 31.0 Å². The largest absolute Gasteiger partial charge is 0.370 e. The van der Waals surface area contributed by atoms with Crippen molar-refractivity contribution in [1.82, 2.24) is 9.55 Å². The van der Waals surface area contributed by atoms with Gasteiger partial charge in [-0.25, -0.2) is 9.98 Å². The van der Waals surface area contributed by atoms with Crippen molar-refractivity contribution in [3.63, 3.8) is 0 Å². The highest BCUT2D eigenvalue weighted by atomic mass is 15.1. The molecule has 7 nitrogen and oxygen atoms in total. The van der Waals surface area contributed by atoms with Crippen molar-refractivity contribution in [2.75, 3.05) is 0 Å². The summed E-state index contributed by atoms with van der Waals surface area (Å²) >= 11 is 0. The number of benzene rings is 1. The highest BCUT2D eigenvalue weighted by molar-refractivity contribution is 5.94. The van der Waals surface area contributed by atoms with Gasteiger partial charge in [-0.3, -0.25) is 0 Å². The van der Waals surface area contributed by atoms with Gasteiger partial charge >= 0.3 is 0 Å². The fraction of sp³-hybridized carbons (Fsp3) is 0.400. The molecular formula is C15H21N7. The molecule has 1 aromatic carbocycles. The molecule has 0 amide bonds. The lowest BCUT2D eigenvalue weighted by Gasteiger charge is -2.23. The Labute approximate surface area is 128 Å². The second-order valence-electron chi connectivity index (χ2n) is 5.62. The number of rotatable bonds is 2. The SMILES string of the molecule is NC(N)=NC(N)=Nc1ccc2c(c1)ncn2C1CCCCC1. The van der Waals surface area contributed by atoms with E-state index in [4.69, 9.17) is 17.2 Å². The number of hydrogen-bond donors (Lipinski definition) is 3. The molecule has 1 aliphatic carbocycles. The van der Waals surface area contributed by atoms with E-state index in [-0.39, 0.29) is 11.9 Å². The lowest BCUT2D eigenvalue weighted by molar-refractivity contribution is 0.359. The van der Waals surface area contributed by atoms with Crippen molar-refractivity contribution < 1.29 is 0 Å². The number of hydrogen-bond acceptors (Lipinski definition) is 2. The molecule has 7 heteroatoms. The zero-order valence-corrected chi connectivity index (χ0v) is 12.4. The molecule has 116 valence electrons. The molecule has 3 rings (SSSR count). The second-order valence-corrected chi connectivity index (χ2v) is 5.62. The maximum absolute atomic E-state index is 5.65. The van der Waals surface area contributed by atoms with Gasteiger partial charge in [-0.1, -0.05) is 19.3 Å². The van der Waals surface area contributed by atoms with Crippen LogP contribution in [0.4, 0.5) is 5.69 Å². The molecule has 0 saturated heterocycles. The van der Waals surface area contributed by atoms with Gasteiger partial charge in [0.2, 0.25) is 5.96 Å². The van der Waals surface area contributed by atoms with E-state index in [9.17, 15) is 0 Å². The number of fused-ring (bicyclic) bond motifs is 1. The summed E-state index contributed by atoms with van der Waals surface area (Å²) in [5.74, 6) is -0.0741. The molecule has 2 aromatic rings. The van der Waals surface area contributed by atoms with Crippen LogP contribution in [0.15, 0.2) is 34.5 Å². The molecule has 1 aromatic heterocycles. The molecule has 1 heterocycles. The Balaban J connectivity index is 1.90. The Bertz CT molecular complexity index is 719. The van der Waals surface area contributed by atoms with Crippen molar-refractivity contribution in [1.29, 1.82) is 0 Å². The standard InChI is InChI=1S/C15H21N7/c16-14(17)21-15(18)20-10-6-7-13-12(8-10)19-9-22(13)11-4-2-1-3-5-11/h6-9,11H,1-5H2,(H6,16,17,18,20,21). The number of nitrogens with zero attached hydrogens (tertiary/aromatic N) is 4. The lowest BCUT2D eigenvalue weighted by atomic mass is 9.95. The number of aromatic nitrogens is 2. The van der Waals surface area contributed by atoms with E-state index in [1.54, 1.807) is 0 Å². The van der Waals surface area contributed by atoms with Crippen molar-refractivity contribution in [2.24, 2.45) is 27.2 Å². The van der Waals surface area contributed by atoms with E-state index in [0.29, 0.717) is 11.7 Å². The Hall–Kier alpha value is -2.57. The van der Waals surface area contributed by atoms with Crippen molar-refractivity contribution >= 4 is 28.6 Å². The van der Waals surface area contributed by atoms with Crippen LogP contribution in [-0.2, 0) is 0 Å². The van der Waals surface area contributed by atoms with E-state index in [1.807, 2.05) is 24.5 Å². The summed E-state index contributed by atoms with van der Waals surface area (Å²) in [4.78, 5) is 12.4. The van der Waals surface area contributed by atoms with E-state index >= 15 is 0 Å². The predicted molar refractivity (Wildman–Crippen MR) is 88.9 cm³/mol. The zero-order valence-electron chi connectivity index (χ0n) is 12.4. The summed E-state index contributed by atoms with van der Waals surface area (Å²) in [6.45, 7) is 0. The fourth-order valence-corrected chi connectivity index (χ4v) is 3.03. The molecule has 1 fully saturated rings. The van der Waals surface area contributed by atoms with Gasteiger partial charge in [0, 0.05) is 6.04 Å². The first-order chi connectivity index (χ1) is 10.6. The average Bonchev–Trinajstić information content (AvgIpc) is 2.90. The van der Waals surface area contributed by atoms with Crippen LogP contribution in [0.2, 0.25) is 0 Å². The van der Waals surface area contributed by atoms with Gasteiger partial charge in [-0.15, -0.1) is 0 Å². The summed E-state index contributed by atoms with van der Waals surface area (Å²) < 4.78 is 2.28. The quantitative estimate of drug-likeness (QED) is 0.578. The number of nitrogens with two attached hydrogens (primary N) is 3. The third-order valence-electron chi connectivity index (χ3n) is 4.01. The first-order valence-electron chi connectivity index (χ1n) is 7.54. The smallest absolute Gasteiger partial charge is 0.223 e. The van der Waals surface area contributed by atoms with Gasteiger partial charge in [-0.2, -0.15) is 4.99 Å². The first-order valence-corrected chi connectivity index (χ1v) is 7.54. The Morgan fingerprint density at radius 3 is 2.64 bits per heavy atom. The maximum Gasteiger partial charge on any atom is 0.223 e. The third kappa shape index (κ3) is 3.03. The summed E-state index contributed by atoms with van der Waals surface area (Å²) in [5, 5.41) is 0. The highest BCUT2D eigenvalue weighted by Gasteiger charge is 2.17. The minimum atomic E-state index is -0.107. The monoisotopic (exact) mass is 299 g/mol. The van der Waals surface area contributed by atoms with Crippen LogP contribution in [-0.4, -0.2) is 21.5 Å². The van der Waals surface area contributed by atoms with Crippen LogP contribution < -0.4 is 17.2 Å². The summed E-state index contributed by atoms with van der Waals surface area (Å²) in [7, 11) is 0. The van der Waals surface area contributed by atoms with Crippen LogP contribution in [0.3, 0.4) is 0 Å². The third-order valence-corrected chi connectivity index (χ3v) is 4.01. The topological polar surface area (TPSA) is 121 Å². The first kappa shape index (κ1) is 14.4. The lowest BCUT2D eigenvalue weighted by Crippen LogP contribution is -2.26. The molecule has 0 unspecified atom stereocenters. The van der Waals surface area contributed by atoms with Crippen LogP contribution in [0, 0.1) is 0 Å². The van der Waals surface area contributed by atoms with Crippen molar-refractivity contribution in [2.45, 2.75) is 38.1 Å². The molecule has 0 atom stereocenters. The average molecular weight is 299 g/mol. The molecule has 0 radical (unpaired) electrons. The number of aliphatic imine (C=N–C) groups is 2. The normalized spacial score (nSPS) is 16.8. The van der Waals surface area contributed by atoms with Gasteiger partial charge in [0.15, 0.2) is 5.96 Å². The predicted octanol–water partition coefficient (Wildman–Crippen LogP) is 1.76. The zero-order chi connectivity index (χ0) is 15.5. The number of imidazole rings is 1. The summed E-state index contributed by atoms with van der Waals surface area (Å²) in [6.07, 6.45) is 8.30. The van der Waals surface area contributed by atoms with Crippen LogP contribution >= 0.6 is 0 Å². The van der Waals surface area contributed by atoms with E-state index < -0.39 is 0 Å². The van der Waals surface area contributed by atoms with E-state index in [2.05, 4.69) is 19.5 Å². The Morgan fingerprint density at radius 2 is 1.91 bits per heavy atom. The Morgan fingerprint density at radius 1 is 1.14 bits per heavy atom. The molecule has 6 N–H and O–H groups in total. The Kier molecular flexibility index (Phi) is 3.95. The fourth-order valence-electron chi connectivity index (χ4n) is 3.03. The molecule has 1 saturated carbocycles. The van der Waals surface area contributed by atoms with Gasteiger partial charge in [0.1, 0.15) is 0 Å². The van der Waals surface area contributed by atoms with E-state index in [0.717, 1.165) is 11.0 Å². The minimum absolute atomic E-state index is 0.0334. The van der Waals surface area contributed by atoms with Gasteiger partial charge in [0.05, 0.1) is 23.0 Å². The molecular weight excluding hydrogens is 278 g/mol. The van der Waals surface area contributed by atoms with Gasteiger partial charge in [0.25, 0.3) is 0 Å². The molecule has 0 spiro atoms. The van der Waals surface area contributed by atoms with Crippen LogP contribution in [0.1, 0.15) is 38.1 Å². The van der Waals surface area contributed by atoms with Crippen LogP contribution in [0.25, 0.3) is 11.0 Å². The number of guanidine groups is 2. The van der Waals surface area contributed by atoms with Gasteiger partial charge < -0.3 is 21.8 Å². The van der Waals surface area contributed by atoms with Crippen molar-refractivity contribution in [3.8, 4) is 0 Å². The molecule has 0 bridgehead atoms. The summed E-state index contributed by atoms with van der Waals surface area (Å²) in [6, 6.07) is 6.38. The highest BCUT2D eigenvalue weighted by Crippen LogP contribution is 2.31. The minimum Gasteiger partial charge on any atom is -0.370 e. The van der Waals surface area contributed by atoms with Crippen LogP contribution in [0.5, 0.6) is 0 Å². The molecule has 1 aliphatic rings. The van der Waals surface area contributed by atoms with Crippen molar-refractivity contribution in [3.05, 3.63) is 24.5 Å². The van der Waals surface area contributed by atoms with E-state index in [1.165, 1.54) is 32.1 Å². The summed E-state index contributed by atoms with van der Waals surface area (Å²) in [5.41, 5.74) is 18.9. The molecule has 0 aliphatic heterocycles. The maximum atomic E-state index is 5.65. The second kappa shape index (κ2) is 6.05.